The average Bonchev–Trinajstić information content (AvgIpc) is 2.27. The zero-order valence-electron chi connectivity index (χ0n) is 10.4. The van der Waals surface area contributed by atoms with Crippen molar-refractivity contribution < 1.29 is 9.53 Å². The number of carbonyl (C=O) groups excluding carboxylic acids is 1. The Morgan fingerprint density at radius 1 is 1.50 bits per heavy atom. The molecular weight excluding hydrogens is 204 g/mol. The topological polar surface area (TPSA) is 50.4 Å². The van der Waals surface area contributed by atoms with Crippen LogP contribution < -0.4 is 10.6 Å². The Hall–Kier alpha value is -0.870. The smallest absolute Gasteiger partial charge is 0.234 e. The average molecular weight is 228 g/mol. The van der Waals surface area contributed by atoms with Crippen molar-refractivity contribution in [2.75, 3.05) is 26.3 Å². The van der Waals surface area contributed by atoms with Gasteiger partial charge in [-0.25, -0.2) is 0 Å². The minimum atomic E-state index is 0.0421. The Kier molecular flexibility index (Phi) is 10.1. The molecule has 0 saturated heterocycles. The molecule has 1 amide bonds. The highest BCUT2D eigenvalue weighted by Crippen LogP contribution is 1.86. The predicted molar refractivity (Wildman–Crippen MR) is 66.4 cm³/mol. The minimum Gasteiger partial charge on any atom is -0.380 e. The molecule has 0 saturated carbocycles. The summed E-state index contributed by atoms with van der Waals surface area (Å²) in [6.07, 6.45) is 3.65. The fourth-order valence-electron chi connectivity index (χ4n) is 1.04. The number of amides is 1. The third-order valence-electron chi connectivity index (χ3n) is 2.19. The maximum Gasteiger partial charge on any atom is 0.234 e. The Morgan fingerprint density at radius 2 is 2.25 bits per heavy atom. The van der Waals surface area contributed by atoms with Gasteiger partial charge in [0.1, 0.15) is 0 Å². The molecule has 0 heterocycles. The van der Waals surface area contributed by atoms with Crippen LogP contribution in [0.5, 0.6) is 0 Å². The second-order valence-electron chi connectivity index (χ2n) is 3.74. The molecule has 0 aliphatic carbocycles. The number of hydrogen-bond acceptors (Lipinski definition) is 3. The highest BCUT2D eigenvalue weighted by molar-refractivity contribution is 5.78. The third-order valence-corrected chi connectivity index (χ3v) is 2.19. The molecule has 0 radical (unpaired) electrons. The van der Waals surface area contributed by atoms with E-state index in [0.29, 0.717) is 26.3 Å². The fourth-order valence-corrected chi connectivity index (χ4v) is 1.04. The molecule has 0 aromatic carbocycles. The van der Waals surface area contributed by atoms with Crippen molar-refractivity contribution in [2.45, 2.75) is 32.7 Å². The lowest BCUT2D eigenvalue weighted by Crippen LogP contribution is -2.39. The largest absolute Gasteiger partial charge is 0.380 e. The van der Waals surface area contributed by atoms with E-state index >= 15 is 0 Å². The fraction of sp³-hybridized carbons (Fsp3) is 0.750. The third kappa shape index (κ3) is 9.68. The first-order valence-electron chi connectivity index (χ1n) is 5.89. The van der Waals surface area contributed by atoms with Crippen molar-refractivity contribution in [3.8, 4) is 0 Å². The Morgan fingerprint density at radius 3 is 2.88 bits per heavy atom. The van der Waals surface area contributed by atoms with E-state index in [-0.39, 0.29) is 11.9 Å². The van der Waals surface area contributed by atoms with E-state index in [1.54, 1.807) is 0 Å². The molecular formula is C12H24N2O2. The van der Waals surface area contributed by atoms with E-state index in [2.05, 4.69) is 17.2 Å². The lowest BCUT2D eigenvalue weighted by molar-refractivity contribution is -0.120. The normalized spacial score (nSPS) is 12.1. The maximum atomic E-state index is 11.3. The summed E-state index contributed by atoms with van der Waals surface area (Å²) in [6, 6.07) is 0.248. The summed E-state index contributed by atoms with van der Waals surface area (Å²) < 4.78 is 5.29. The molecule has 1 atom stereocenters. The van der Waals surface area contributed by atoms with Crippen LogP contribution in [-0.2, 0) is 9.53 Å². The van der Waals surface area contributed by atoms with E-state index in [1.807, 2.05) is 19.9 Å². The minimum absolute atomic E-state index is 0.0421. The van der Waals surface area contributed by atoms with Crippen LogP contribution in [-0.4, -0.2) is 38.3 Å². The monoisotopic (exact) mass is 228 g/mol. The van der Waals surface area contributed by atoms with Crippen LogP contribution in [0.1, 0.15) is 26.7 Å². The molecule has 0 bridgehead atoms. The molecule has 0 rings (SSSR count). The lowest BCUT2D eigenvalue weighted by Gasteiger charge is -2.11. The van der Waals surface area contributed by atoms with Gasteiger partial charge in [0.25, 0.3) is 0 Å². The van der Waals surface area contributed by atoms with Crippen molar-refractivity contribution in [1.82, 2.24) is 10.6 Å². The second kappa shape index (κ2) is 10.6. The molecule has 1 unspecified atom stereocenters. The van der Waals surface area contributed by atoms with Gasteiger partial charge in [-0.3, -0.25) is 4.79 Å². The zero-order valence-corrected chi connectivity index (χ0v) is 10.4. The first-order chi connectivity index (χ1) is 7.70. The van der Waals surface area contributed by atoms with Crippen LogP contribution >= 0.6 is 0 Å². The van der Waals surface area contributed by atoms with Crippen molar-refractivity contribution in [2.24, 2.45) is 0 Å². The van der Waals surface area contributed by atoms with E-state index in [4.69, 9.17) is 4.74 Å². The molecule has 0 spiro atoms. The van der Waals surface area contributed by atoms with Gasteiger partial charge in [0, 0.05) is 12.6 Å². The highest BCUT2D eigenvalue weighted by Gasteiger charge is 2.03. The van der Waals surface area contributed by atoms with E-state index in [0.717, 1.165) is 12.8 Å². The lowest BCUT2D eigenvalue weighted by atomic mass is 10.2. The summed E-state index contributed by atoms with van der Waals surface area (Å²) in [7, 11) is 0. The molecule has 4 heteroatoms. The van der Waals surface area contributed by atoms with Crippen molar-refractivity contribution in [1.29, 1.82) is 0 Å². The van der Waals surface area contributed by atoms with Crippen LogP contribution in [0.3, 0.4) is 0 Å². The van der Waals surface area contributed by atoms with Gasteiger partial charge in [-0.2, -0.15) is 0 Å². The Balaban J connectivity index is 3.24. The zero-order chi connectivity index (χ0) is 12.2. The molecule has 0 aromatic heterocycles. The van der Waals surface area contributed by atoms with Crippen LogP contribution in [0.2, 0.25) is 0 Å². The predicted octanol–water partition coefficient (Wildman–Crippen LogP) is 1.08. The Bertz CT molecular complexity index is 195. The van der Waals surface area contributed by atoms with Gasteiger partial charge in [-0.1, -0.05) is 13.0 Å². The van der Waals surface area contributed by atoms with Gasteiger partial charge in [0.05, 0.1) is 19.8 Å². The summed E-state index contributed by atoms with van der Waals surface area (Å²) in [5.41, 5.74) is 0. The highest BCUT2D eigenvalue weighted by atomic mass is 16.5. The van der Waals surface area contributed by atoms with Gasteiger partial charge in [0.15, 0.2) is 0 Å². The molecule has 16 heavy (non-hydrogen) atoms. The van der Waals surface area contributed by atoms with Crippen LogP contribution in [0, 0.1) is 0 Å². The number of rotatable bonds is 10. The standard InChI is InChI=1S/C12H24N2O2/c1-4-6-8-16-9-7-13-10-12(15)14-11(3)5-2/h4,11,13H,1,5-10H2,2-3H3,(H,14,15). The summed E-state index contributed by atoms with van der Waals surface area (Å²) >= 11 is 0. The molecule has 0 aromatic rings. The molecule has 4 nitrogen and oxygen atoms in total. The van der Waals surface area contributed by atoms with E-state index < -0.39 is 0 Å². The number of hydrogen-bond donors (Lipinski definition) is 2. The molecule has 0 fully saturated rings. The first kappa shape index (κ1) is 15.1. The summed E-state index contributed by atoms with van der Waals surface area (Å²) in [5.74, 6) is 0.0421. The van der Waals surface area contributed by atoms with Gasteiger partial charge < -0.3 is 15.4 Å². The van der Waals surface area contributed by atoms with Gasteiger partial charge in [0.2, 0.25) is 5.91 Å². The SMILES string of the molecule is C=CCCOCCNCC(=O)NC(C)CC. The summed E-state index contributed by atoms with van der Waals surface area (Å²) in [5, 5.41) is 5.91. The summed E-state index contributed by atoms with van der Waals surface area (Å²) in [6.45, 7) is 10.0. The van der Waals surface area contributed by atoms with Gasteiger partial charge in [-0.05, 0) is 19.8 Å². The molecule has 0 aliphatic rings. The Labute approximate surface area is 98.4 Å². The number of nitrogens with one attached hydrogen (secondary N) is 2. The number of ether oxygens (including phenoxy) is 1. The van der Waals surface area contributed by atoms with Crippen molar-refractivity contribution >= 4 is 5.91 Å². The molecule has 94 valence electrons. The van der Waals surface area contributed by atoms with Crippen LogP contribution in [0.4, 0.5) is 0 Å². The maximum absolute atomic E-state index is 11.3. The first-order valence-corrected chi connectivity index (χ1v) is 5.89. The van der Waals surface area contributed by atoms with E-state index in [9.17, 15) is 4.79 Å². The van der Waals surface area contributed by atoms with Crippen molar-refractivity contribution in [3.05, 3.63) is 12.7 Å². The number of carbonyl (C=O) groups is 1. The quantitative estimate of drug-likeness (QED) is 0.434. The summed E-state index contributed by atoms with van der Waals surface area (Å²) in [4.78, 5) is 11.3. The molecule has 2 N–H and O–H groups in total. The van der Waals surface area contributed by atoms with Crippen molar-refractivity contribution in [3.63, 3.8) is 0 Å². The molecule has 0 aliphatic heterocycles. The van der Waals surface area contributed by atoms with Gasteiger partial charge >= 0.3 is 0 Å². The van der Waals surface area contributed by atoms with Crippen LogP contribution in [0.15, 0.2) is 12.7 Å². The van der Waals surface area contributed by atoms with E-state index in [1.165, 1.54) is 0 Å². The van der Waals surface area contributed by atoms with Crippen LogP contribution in [0.25, 0.3) is 0 Å². The van der Waals surface area contributed by atoms with Gasteiger partial charge in [-0.15, -0.1) is 6.58 Å². The second-order valence-corrected chi connectivity index (χ2v) is 3.74.